The highest BCUT2D eigenvalue weighted by Crippen LogP contribution is 2.32. The molecule has 0 saturated carbocycles. The van der Waals surface area contributed by atoms with Crippen LogP contribution in [-0.4, -0.2) is 48.4 Å². The summed E-state index contributed by atoms with van der Waals surface area (Å²) < 4.78 is 5.49. The van der Waals surface area contributed by atoms with Crippen molar-refractivity contribution in [1.29, 1.82) is 5.26 Å². The second kappa shape index (κ2) is 9.51. The zero-order valence-corrected chi connectivity index (χ0v) is 19.2. The van der Waals surface area contributed by atoms with Crippen molar-refractivity contribution in [2.24, 2.45) is 0 Å². The summed E-state index contributed by atoms with van der Waals surface area (Å²) in [6, 6.07) is 12.5. The van der Waals surface area contributed by atoms with E-state index in [2.05, 4.69) is 56.9 Å². The van der Waals surface area contributed by atoms with Crippen LogP contribution in [0.5, 0.6) is 0 Å². The van der Waals surface area contributed by atoms with E-state index in [0.717, 1.165) is 71.9 Å². The lowest BCUT2D eigenvalue weighted by molar-refractivity contribution is 0.0343. The minimum atomic E-state index is -0.0189. The van der Waals surface area contributed by atoms with E-state index in [1.54, 1.807) is 0 Å². The van der Waals surface area contributed by atoms with Gasteiger partial charge in [-0.3, -0.25) is 4.90 Å². The van der Waals surface area contributed by atoms with Crippen molar-refractivity contribution >= 4 is 22.3 Å². The Morgan fingerprint density at radius 2 is 1.94 bits per heavy atom. The molecule has 1 aromatic heterocycles. The standard InChI is InChI=1S/C25H30N6O/c1-16-19(14-26)6-5-7-21(16)17(2)28-25-23-13-24(27-4)20(12-22(23)18(3)29-30-25)15-31-8-10-32-11-9-31/h5-7,12-13,17,27H,8-11,15H2,1-4H3,(H,28,30)/t17-/m1/s1. The van der Waals surface area contributed by atoms with E-state index < -0.39 is 0 Å². The van der Waals surface area contributed by atoms with Crippen LogP contribution in [0.15, 0.2) is 30.3 Å². The first kappa shape index (κ1) is 22.0. The van der Waals surface area contributed by atoms with Gasteiger partial charge < -0.3 is 15.4 Å². The molecule has 1 atom stereocenters. The molecule has 32 heavy (non-hydrogen) atoms. The summed E-state index contributed by atoms with van der Waals surface area (Å²) in [5, 5.41) is 27.3. The Bertz CT molecular complexity index is 1160. The number of benzene rings is 2. The van der Waals surface area contributed by atoms with Crippen LogP contribution >= 0.6 is 0 Å². The van der Waals surface area contributed by atoms with Crippen LogP contribution in [0.25, 0.3) is 10.8 Å². The Morgan fingerprint density at radius 3 is 2.66 bits per heavy atom. The van der Waals surface area contributed by atoms with Crippen molar-refractivity contribution in [3.63, 3.8) is 0 Å². The van der Waals surface area contributed by atoms with Gasteiger partial charge in [-0.25, -0.2) is 0 Å². The van der Waals surface area contributed by atoms with Crippen LogP contribution in [-0.2, 0) is 11.3 Å². The fourth-order valence-electron chi connectivity index (χ4n) is 4.37. The highest BCUT2D eigenvalue weighted by molar-refractivity contribution is 5.96. The first-order valence-electron chi connectivity index (χ1n) is 11.1. The Morgan fingerprint density at radius 1 is 1.16 bits per heavy atom. The molecule has 2 N–H and O–H groups in total. The zero-order valence-electron chi connectivity index (χ0n) is 19.2. The second-order valence-electron chi connectivity index (χ2n) is 8.33. The number of aromatic nitrogens is 2. The molecular weight excluding hydrogens is 400 g/mol. The zero-order chi connectivity index (χ0) is 22.7. The number of nitriles is 1. The van der Waals surface area contributed by atoms with Gasteiger partial charge in [0.1, 0.15) is 0 Å². The average Bonchev–Trinajstić information content (AvgIpc) is 2.81. The van der Waals surface area contributed by atoms with Crippen molar-refractivity contribution in [3.8, 4) is 6.07 Å². The van der Waals surface area contributed by atoms with Crippen LogP contribution < -0.4 is 10.6 Å². The lowest BCUT2D eigenvalue weighted by Crippen LogP contribution is -2.35. The summed E-state index contributed by atoms with van der Waals surface area (Å²) in [5.74, 6) is 0.745. The highest BCUT2D eigenvalue weighted by Gasteiger charge is 2.18. The molecule has 2 heterocycles. The Balaban J connectivity index is 1.70. The van der Waals surface area contributed by atoms with Crippen LogP contribution in [0.1, 0.15) is 40.9 Å². The molecule has 0 aliphatic carbocycles. The molecular formula is C25H30N6O. The third-order valence-corrected chi connectivity index (χ3v) is 6.27. The summed E-state index contributed by atoms with van der Waals surface area (Å²) in [4.78, 5) is 2.42. The van der Waals surface area contributed by atoms with Crippen molar-refractivity contribution < 1.29 is 4.74 Å². The number of anilines is 2. The molecule has 1 aliphatic rings. The van der Waals surface area contributed by atoms with Gasteiger partial charge in [0.25, 0.3) is 0 Å². The molecule has 7 nitrogen and oxygen atoms in total. The molecule has 0 bridgehead atoms. The van der Waals surface area contributed by atoms with Gasteiger partial charge >= 0.3 is 0 Å². The molecule has 166 valence electrons. The van der Waals surface area contributed by atoms with Crippen molar-refractivity contribution in [2.75, 3.05) is 44.0 Å². The molecule has 7 heteroatoms. The van der Waals surface area contributed by atoms with Crippen molar-refractivity contribution in [1.82, 2.24) is 15.1 Å². The highest BCUT2D eigenvalue weighted by atomic mass is 16.5. The lowest BCUT2D eigenvalue weighted by Gasteiger charge is -2.27. The maximum Gasteiger partial charge on any atom is 0.157 e. The molecule has 0 unspecified atom stereocenters. The number of hydrogen-bond donors (Lipinski definition) is 2. The Kier molecular flexibility index (Phi) is 6.54. The van der Waals surface area contributed by atoms with Gasteiger partial charge in [-0.1, -0.05) is 12.1 Å². The van der Waals surface area contributed by atoms with E-state index >= 15 is 0 Å². The van der Waals surface area contributed by atoms with Gasteiger partial charge in [-0.05, 0) is 55.7 Å². The minimum absolute atomic E-state index is 0.0189. The number of nitrogens with zero attached hydrogens (tertiary/aromatic N) is 4. The van der Waals surface area contributed by atoms with E-state index in [1.807, 2.05) is 33.0 Å². The van der Waals surface area contributed by atoms with Crippen LogP contribution in [0.4, 0.5) is 11.5 Å². The first-order valence-corrected chi connectivity index (χ1v) is 11.1. The first-order chi connectivity index (χ1) is 15.5. The number of ether oxygens (including phenoxy) is 1. The lowest BCUT2D eigenvalue weighted by atomic mass is 9.98. The van der Waals surface area contributed by atoms with Crippen LogP contribution in [0, 0.1) is 25.2 Å². The van der Waals surface area contributed by atoms with Crippen LogP contribution in [0.3, 0.4) is 0 Å². The summed E-state index contributed by atoms with van der Waals surface area (Å²) in [7, 11) is 1.96. The summed E-state index contributed by atoms with van der Waals surface area (Å²) in [5.41, 5.74) is 6.01. The monoisotopic (exact) mass is 430 g/mol. The number of rotatable bonds is 6. The van der Waals surface area contributed by atoms with E-state index in [1.165, 1.54) is 5.56 Å². The fraction of sp³-hybridized carbons (Fsp3) is 0.400. The second-order valence-corrected chi connectivity index (χ2v) is 8.33. The quantitative estimate of drug-likeness (QED) is 0.607. The number of morpholine rings is 1. The van der Waals surface area contributed by atoms with Gasteiger partial charge in [0.15, 0.2) is 5.82 Å². The van der Waals surface area contributed by atoms with Crippen LogP contribution in [0.2, 0.25) is 0 Å². The SMILES string of the molecule is CNc1cc2c(N[C@H](C)c3cccc(C#N)c3C)nnc(C)c2cc1CN1CCOCC1. The average molecular weight is 431 g/mol. The molecule has 1 saturated heterocycles. The number of aryl methyl sites for hydroxylation is 1. The Labute approximate surface area is 189 Å². The largest absolute Gasteiger partial charge is 0.388 e. The molecule has 3 aromatic rings. The normalized spacial score (nSPS) is 15.3. The topological polar surface area (TPSA) is 86.1 Å². The summed E-state index contributed by atoms with van der Waals surface area (Å²) >= 11 is 0. The van der Waals surface area contributed by atoms with E-state index in [-0.39, 0.29) is 6.04 Å². The predicted octanol–water partition coefficient (Wildman–Crippen LogP) is 4.17. The van der Waals surface area contributed by atoms with Crippen molar-refractivity contribution in [3.05, 3.63) is 58.3 Å². The number of fused-ring (bicyclic) bond motifs is 1. The smallest absolute Gasteiger partial charge is 0.157 e. The maximum absolute atomic E-state index is 9.38. The third-order valence-electron chi connectivity index (χ3n) is 6.27. The van der Waals surface area contributed by atoms with Gasteiger partial charge in [0.05, 0.1) is 36.6 Å². The summed E-state index contributed by atoms with van der Waals surface area (Å²) in [6.07, 6.45) is 0. The fourth-order valence-corrected chi connectivity index (χ4v) is 4.37. The van der Waals surface area contributed by atoms with E-state index in [0.29, 0.717) is 5.56 Å². The minimum Gasteiger partial charge on any atom is -0.388 e. The Hall–Kier alpha value is -3.21. The van der Waals surface area contributed by atoms with Gasteiger partial charge in [0.2, 0.25) is 0 Å². The number of hydrogen-bond acceptors (Lipinski definition) is 7. The molecule has 1 aliphatic heterocycles. The maximum atomic E-state index is 9.38. The molecule has 4 rings (SSSR count). The van der Waals surface area contributed by atoms with Gasteiger partial charge in [0, 0.05) is 43.1 Å². The third kappa shape index (κ3) is 4.38. The van der Waals surface area contributed by atoms with E-state index in [9.17, 15) is 5.26 Å². The molecule has 1 fully saturated rings. The predicted molar refractivity (Wildman–Crippen MR) is 128 cm³/mol. The van der Waals surface area contributed by atoms with E-state index in [4.69, 9.17) is 4.74 Å². The molecule has 2 aromatic carbocycles. The molecule has 0 spiro atoms. The van der Waals surface area contributed by atoms with Gasteiger partial charge in [-0.2, -0.15) is 10.4 Å². The number of nitrogens with one attached hydrogen (secondary N) is 2. The molecule has 0 amide bonds. The molecule has 0 radical (unpaired) electrons. The van der Waals surface area contributed by atoms with Crippen molar-refractivity contribution in [2.45, 2.75) is 33.4 Å². The summed E-state index contributed by atoms with van der Waals surface area (Å²) in [6.45, 7) is 10.4. The van der Waals surface area contributed by atoms with Gasteiger partial charge in [-0.15, -0.1) is 5.10 Å².